The second-order valence-electron chi connectivity index (χ2n) is 3.83. The van der Waals surface area contributed by atoms with E-state index >= 15 is 0 Å². The monoisotopic (exact) mass is 409 g/mol. The Morgan fingerprint density at radius 1 is 1.31 bits per heavy atom. The van der Waals surface area contributed by atoms with Crippen LogP contribution in [0.1, 0.15) is 6.42 Å². The Labute approximate surface area is 120 Å². The molecule has 5 heteroatoms. The highest BCUT2D eigenvalue weighted by Gasteiger charge is 2.29. The molecule has 86 valence electrons. The summed E-state index contributed by atoms with van der Waals surface area (Å²) in [4.78, 5) is 13.7. The van der Waals surface area contributed by atoms with Gasteiger partial charge in [-0.3, -0.25) is 4.79 Å². The van der Waals surface area contributed by atoms with Crippen LogP contribution in [0, 0.1) is 5.92 Å². The summed E-state index contributed by atoms with van der Waals surface area (Å²) in [6, 6.07) is 5.89. The van der Waals surface area contributed by atoms with Crippen molar-refractivity contribution >= 4 is 59.4 Å². The number of halogens is 3. The number of nitrogens with zero attached hydrogens (tertiary/aromatic N) is 1. The number of alkyl halides is 1. The molecular weight excluding hydrogens is 402 g/mol. The number of rotatable bonds is 2. The van der Waals surface area contributed by atoms with E-state index in [0.29, 0.717) is 12.3 Å². The van der Waals surface area contributed by atoms with Gasteiger partial charge in [0.15, 0.2) is 0 Å². The highest BCUT2D eigenvalue weighted by Crippen LogP contribution is 2.31. The van der Waals surface area contributed by atoms with Gasteiger partial charge in [-0.25, -0.2) is 0 Å². The average Bonchev–Trinajstić information content (AvgIpc) is 2.64. The number of hydrogen-bond donors (Lipinski definition) is 0. The highest BCUT2D eigenvalue weighted by molar-refractivity contribution is 9.13. The van der Waals surface area contributed by atoms with Crippen LogP contribution in [0.3, 0.4) is 0 Å². The van der Waals surface area contributed by atoms with E-state index < -0.39 is 0 Å². The normalized spacial score (nSPS) is 20.6. The van der Waals surface area contributed by atoms with Crippen LogP contribution in [0.15, 0.2) is 27.1 Å². The van der Waals surface area contributed by atoms with Crippen LogP contribution >= 0.6 is 47.8 Å². The van der Waals surface area contributed by atoms with Gasteiger partial charge in [0.05, 0.1) is 0 Å². The van der Waals surface area contributed by atoms with Crippen LogP contribution in [-0.2, 0) is 4.79 Å². The fourth-order valence-electron chi connectivity index (χ4n) is 1.79. The quantitative estimate of drug-likeness (QED) is 0.674. The summed E-state index contributed by atoms with van der Waals surface area (Å²) in [5.74, 6) is 0.633. The van der Waals surface area contributed by atoms with E-state index in [-0.39, 0.29) is 5.91 Å². The first-order chi connectivity index (χ1) is 7.61. The van der Waals surface area contributed by atoms with Gasteiger partial charge < -0.3 is 4.90 Å². The lowest BCUT2D eigenvalue weighted by Crippen LogP contribution is -2.24. The highest BCUT2D eigenvalue weighted by atomic mass is 79.9. The third kappa shape index (κ3) is 2.51. The van der Waals surface area contributed by atoms with E-state index in [1.54, 1.807) is 0 Å². The molecule has 1 aromatic carbocycles. The Kier molecular flexibility index (Phi) is 4.08. The number of hydrogen-bond acceptors (Lipinski definition) is 1. The van der Waals surface area contributed by atoms with Gasteiger partial charge in [0.25, 0.3) is 0 Å². The van der Waals surface area contributed by atoms with Gasteiger partial charge in [-0.1, -0.05) is 15.9 Å². The molecule has 2 rings (SSSR count). The summed E-state index contributed by atoms with van der Waals surface area (Å²) in [6.07, 6.45) is 0.638. The first kappa shape index (κ1) is 12.6. The summed E-state index contributed by atoms with van der Waals surface area (Å²) in [7, 11) is 0. The molecule has 0 aliphatic carbocycles. The minimum Gasteiger partial charge on any atom is -0.312 e. The van der Waals surface area contributed by atoms with Crippen molar-refractivity contribution in [2.75, 3.05) is 16.8 Å². The van der Waals surface area contributed by atoms with Gasteiger partial charge in [-0.05, 0) is 56.0 Å². The minimum absolute atomic E-state index is 0.207. The third-order valence-corrected chi connectivity index (χ3v) is 5.43. The Hall–Kier alpha value is 0.130. The van der Waals surface area contributed by atoms with Crippen LogP contribution in [0.4, 0.5) is 5.69 Å². The van der Waals surface area contributed by atoms with Crippen molar-refractivity contribution in [2.45, 2.75) is 6.42 Å². The van der Waals surface area contributed by atoms with Crippen molar-refractivity contribution in [2.24, 2.45) is 5.92 Å². The second kappa shape index (κ2) is 5.19. The maximum atomic E-state index is 11.8. The van der Waals surface area contributed by atoms with E-state index in [9.17, 15) is 4.79 Å². The Morgan fingerprint density at radius 2 is 2.06 bits per heavy atom. The molecule has 1 fully saturated rings. The molecule has 1 aliphatic heterocycles. The lowest BCUT2D eigenvalue weighted by Gasteiger charge is -2.17. The van der Waals surface area contributed by atoms with E-state index in [2.05, 4.69) is 47.8 Å². The van der Waals surface area contributed by atoms with Gasteiger partial charge in [0, 0.05) is 32.9 Å². The van der Waals surface area contributed by atoms with Crippen molar-refractivity contribution in [3.8, 4) is 0 Å². The van der Waals surface area contributed by atoms with E-state index in [1.807, 2.05) is 23.1 Å². The van der Waals surface area contributed by atoms with E-state index in [4.69, 9.17) is 0 Å². The SMILES string of the molecule is O=C1CC(CBr)CN1c1ccc(Br)c(Br)c1. The summed E-state index contributed by atoms with van der Waals surface area (Å²) >= 11 is 10.3. The molecular formula is C11H10Br3NO. The first-order valence-electron chi connectivity index (χ1n) is 4.93. The topological polar surface area (TPSA) is 20.3 Å². The number of amides is 1. The number of carbonyl (C=O) groups excluding carboxylic acids is 1. The zero-order valence-corrected chi connectivity index (χ0v) is 13.2. The fourth-order valence-corrected chi connectivity index (χ4v) is 2.83. The molecule has 1 unspecified atom stereocenters. The second-order valence-corrected chi connectivity index (χ2v) is 6.18. The van der Waals surface area contributed by atoms with Gasteiger partial charge in [-0.2, -0.15) is 0 Å². The molecule has 1 heterocycles. The van der Waals surface area contributed by atoms with Crippen LogP contribution in [0.2, 0.25) is 0 Å². The maximum absolute atomic E-state index is 11.8. The van der Waals surface area contributed by atoms with Gasteiger partial charge in [-0.15, -0.1) is 0 Å². The molecule has 16 heavy (non-hydrogen) atoms. The molecule has 1 amide bonds. The average molecular weight is 412 g/mol. The fraction of sp³-hybridized carbons (Fsp3) is 0.364. The summed E-state index contributed by atoms with van der Waals surface area (Å²) in [6.45, 7) is 0.804. The van der Waals surface area contributed by atoms with E-state index in [0.717, 1.165) is 26.5 Å². The van der Waals surface area contributed by atoms with E-state index in [1.165, 1.54) is 0 Å². The molecule has 1 aromatic rings. The molecule has 0 bridgehead atoms. The first-order valence-corrected chi connectivity index (χ1v) is 7.64. The third-order valence-electron chi connectivity index (χ3n) is 2.64. The van der Waals surface area contributed by atoms with Crippen LogP contribution < -0.4 is 4.90 Å². The molecule has 0 spiro atoms. The molecule has 0 radical (unpaired) electrons. The predicted octanol–water partition coefficient (Wildman–Crippen LogP) is 3.96. The van der Waals surface area contributed by atoms with Crippen molar-refractivity contribution in [3.05, 3.63) is 27.1 Å². The largest absolute Gasteiger partial charge is 0.312 e. The minimum atomic E-state index is 0.207. The molecule has 2 nitrogen and oxygen atoms in total. The van der Waals surface area contributed by atoms with Gasteiger partial charge in [0.2, 0.25) is 5.91 Å². The maximum Gasteiger partial charge on any atom is 0.227 e. The van der Waals surface area contributed by atoms with Crippen LogP contribution in [-0.4, -0.2) is 17.8 Å². The number of benzene rings is 1. The number of anilines is 1. The van der Waals surface area contributed by atoms with Crippen molar-refractivity contribution in [1.29, 1.82) is 0 Å². The van der Waals surface area contributed by atoms with Crippen LogP contribution in [0.5, 0.6) is 0 Å². The molecule has 0 saturated carbocycles. The summed E-state index contributed by atoms with van der Waals surface area (Å²) in [5.41, 5.74) is 0.962. The zero-order valence-electron chi connectivity index (χ0n) is 8.42. The zero-order chi connectivity index (χ0) is 11.7. The van der Waals surface area contributed by atoms with Gasteiger partial charge >= 0.3 is 0 Å². The summed E-state index contributed by atoms with van der Waals surface area (Å²) < 4.78 is 1.97. The Morgan fingerprint density at radius 3 is 2.62 bits per heavy atom. The molecule has 1 saturated heterocycles. The van der Waals surface area contributed by atoms with Gasteiger partial charge in [0.1, 0.15) is 0 Å². The lowest BCUT2D eigenvalue weighted by molar-refractivity contribution is -0.117. The molecule has 0 aromatic heterocycles. The smallest absolute Gasteiger partial charge is 0.227 e. The molecule has 1 aliphatic rings. The Bertz CT molecular complexity index is 422. The number of carbonyl (C=O) groups is 1. The van der Waals surface area contributed by atoms with Crippen molar-refractivity contribution < 1.29 is 4.79 Å². The van der Waals surface area contributed by atoms with Crippen molar-refractivity contribution in [1.82, 2.24) is 0 Å². The lowest BCUT2D eigenvalue weighted by atomic mass is 10.2. The van der Waals surface area contributed by atoms with Crippen molar-refractivity contribution in [3.63, 3.8) is 0 Å². The Balaban J connectivity index is 2.24. The summed E-state index contributed by atoms with van der Waals surface area (Å²) in [5, 5.41) is 0.882. The predicted molar refractivity (Wildman–Crippen MR) is 76.1 cm³/mol. The van der Waals surface area contributed by atoms with Crippen LogP contribution in [0.25, 0.3) is 0 Å². The molecule has 1 atom stereocenters. The molecule has 0 N–H and O–H groups in total. The standard InChI is InChI=1S/C11H10Br3NO/c12-5-7-3-11(16)15(6-7)8-1-2-9(13)10(14)4-8/h1-2,4,7H,3,5-6H2.